The standard InChI is InChI=1S/C6H5O2P/c7-9-5-3-1-2-4-6(5)8-4/h1-3H,9H2. The molecule has 0 aromatic heterocycles. The molecule has 46 valence electrons. The van der Waals surface area contributed by atoms with Gasteiger partial charge in [-0.05, 0) is 12.1 Å². The van der Waals surface area contributed by atoms with Crippen LogP contribution >= 0.6 is 8.46 Å². The van der Waals surface area contributed by atoms with Gasteiger partial charge in [0.2, 0.25) is 0 Å². The van der Waals surface area contributed by atoms with Crippen LogP contribution in [0, 0.1) is 0 Å². The van der Waals surface area contributed by atoms with Crippen LogP contribution in [0.4, 0.5) is 0 Å². The Hall–Kier alpha value is -0.750. The number of rotatable bonds is 1. The highest BCUT2D eigenvalue weighted by molar-refractivity contribution is 7.34. The Balaban J connectivity index is 2.62. The van der Waals surface area contributed by atoms with Crippen LogP contribution in [-0.2, 0) is 4.57 Å². The van der Waals surface area contributed by atoms with Gasteiger partial charge < -0.3 is 9.30 Å². The zero-order chi connectivity index (χ0) is 6.27. The van der Waals surface area contributed by atoms with Gasteiger partial charge in [-0.3, -0.25) is 0 Å². The van der Waals surface area contributed by atoms with Crippen molar-refractivity contribution in [2.24, 2.45) is 0 Å². The van der Waals surface area contributed by atoms with E-state index in [1.54, 1.807) is 0 Å². The molecule has 0 aliphatic carbocycles. The molecule has 1 aromatic carbocycles. The first-order valence-corrected chi connectivity index (χ1v) is 3.73. The molecule has 2 nitrogen and oxygen atoms in total. The van der Waals surface area contributed by atoms with Gasteiger partial charge >= 0.3 is 0 Å². The van der Waals surface area contributed by atoms with Crippen molar-refractivity contribution in [2.75, 3.05) is 0 Å². The van der Waals surface area contributed by atoms with Crippen molar-refractivity contribution in [3.8, 4) is 11.5 Å². The molecule has 1 heterocycles. The highest BCUT2D eigenvalue weighted by atomic mass is 31.1. The normalized spacial score (nSPS) is 13.3. The van der Waals surface area contributed by atoms with E-state index in [1.807, 2.05) is 18.2 Å². The van der Waals surface area contributed by atoms with Crippen molar-refractivity contribution in [1.29, 1.82) is 0 Å². The van der Waals surface area contributed by atoms with Crippen molar-refractivity contribution in [3.63, 3.8) is 0 Å². The maximum Gasteiger partial charge on any atom is 0.180 e. The van der Waals surface area contributed by atoms with E-state index in [9.17, 15) is 4.57 Å². The molecule has 0 saturated heterocycles. The summed E-state index contributed by atoms with van der Waals surface area (Å²) in [6.07, 6.45) is 0. The molecule has 9 heavy (non-hydrogen) atoms. The lowest BCUT2D eigenvalue weighted by molar-refractivity contribution is 0.602. The minimum absolute atomic E-state index is 0.827. The van der Waals surface area contributed by atoms with Gasteiger partial charge in [0.1, 0.15) is 0 Å². The molecule has 0 amide bonds. The minimum Gasteiger partial charge on any atom is -0.449 e. The van der Waals surface area contributed by atoms with E-state index in [-0.39, 0.29) is 0 Å². The first-order valence-electron chi connectivity index (χ1n) is 2.68. The van der Waals surface area contributed by atoms with Crippen molar-refractivity contribution < 1.29 is 9.30 Å². The number of para-hydroxylation sites is 1. The monoisotopic (exact) mass is 140 g/mol. The molecule has 1 aliphatic rings. The van der Waals surface area contributed by atoms with Gasteiger partial charge in [0, 0.05) is 0 Å². The topological polar surface area (TPSA) is 29.6 Å². The average molecular weight is 140 g/mol. The second-order valence-electron chi connectivity index (χ2n) is 1.89. The SMILES string of the molecule is O=[PH2]c1cccc2c1O2. The largest absolute Gasteiger partial charge is 0.449 e. The zero-order valence-electron chi connectivity index (χ0n) is 4.63. The molecule has 1 atom stereocenters. The van der Waals surface area contributed by atoms with E-state index in [4.69, 9.17) is 4.74 Å². The lowest BCUT2D eigenvalue weighted by atomic mass is 10.4. The Labute approximate surface area is 53.7 Å². The summed E-state index contributed by atoms with van der Waals surface area (Å²) in [5, 5.41) is 0.854. The molecule has 1 aromatic rings. The molecular weight excluding hydrogens is 135 g/mol. The quantitative estimate of drug-likeness (QED) is 0.439. The number of benzene rings is 1. The second kappa shape index (κ2) is 1.61. The van der Waals surface area contributed by atoms with Gasteiger partial charge in [-0.1, -0.05) is 6.07 Å². The molecule has 0 N–H and O–H groups in total. The van der Waals surface area contributed by atoms with Crippen LogP contribution in [0.2, 0.25) is 0 Å². The molecular formula is C6H5O2P. The zero-order valence-corrected chi connectivity index (χ0v) is 5.78. The van der Waals surface area contributed by atoms with Crippen LogP contribution in [0.5, 0.6) is 11.5 Å². The molecule has 0 fully saturated rings. The first kappa shape index (κ1) is 5.07. The molecule has 1 aliphatic heterocycles. The summed E-state index contributed by atoms with van der Waals surface area (Å²) in [5.74, 6) is 1.72. The molecule has 2 rings (SSSR count). The summed E-state index contributed by atoms with van der Waals surface area (Å²) >= 11 is 0. The van der Waals surface area contributed by atoms with E-state index in [2.05, 4.69) is 0 Å². The molecule has 3 heteroatoms. The molecule has 0 saturated carbocycles. The highest BCUT2D eigenvalue weighted by Crippen LogP contribution is 2.43. The number of hydrogen-bond acceptors (Lipinski definition) is 2. The number of hydrogen-bond donors (Lipinski definition) is 0. The Bertz CT molecular complexity index is 270. The average Bonchev–Trinajstić information content (AvgIpc) is 2.64. The van der Waals surface area contributed by atoms with Crippen LogP contribution in [-0.4, -0.2) is 0 Å². The minimum atomic E-state index is -0.827. The summed E-state index contributed by atoms with van der Waals surface area (Å²) in [6.45, 7) is 0. The van der Waals surface area contributed by atoms with Crippen molar-refractivity contribution >= 4 is 13.8 Å². The van der Waals surface area contributed by atoms with E-state index >= 15 is 0 Å². The van der Waals surface area contributed by atoms with Gasteiger partial charge in [-0.2, -0.15) is 0 Å². The lowest BCUT2D eigenvalue weighted by Crippen LogP contribution is -1.81. The third kappa shape index (κ3) is 0.672. The third-order valence-electron chi connectivity index (χ3n) is 1.31. The van der Waals surface area contributed by atoms with Crippen molar-refractivity contribution in [2.45, 2.75) is 0 Å². The molecule has 1 unspecified atom stereocenters. The van der Waals surface area contributed by atoms with Gasteiger partial charge in [0.15, 0.2) is 11.5 Å². The highest BCUT2D eigenvalue weighted by Gasteiger charge is 2.22. The predicted molar refractivity (Wildman–Crippen MR) is 36.5 cm³/mol. The van der Waals surface area contributed by atoms with Crippen molar-refractivity contribution in [3.05, 3.63) is 18.2 Å². The third-order valence-corrected chi connectivity index (χ3v) is 2.02. The fourth-order valence-corrected chi connectivity index (χ4v) is 1.30. The fourth-order valence-electron chi connectivity index (χ4n) is 0.803. The van der Waals surface area contributed by atoms with Crippen LogP contribution in [0.25, 0.3) is 0 Å². The predicted octanol–water partition coefficient (Wildman–Crippen LogP) is 1.17. The first-order chi connectivity index (χ1) is 4.42. The summed E-state index contributed by atoms with van der Waals surface area (Å²) in [4.78, 5) is 0. The Morgan fingerprint density at radius 3 is 3.00 bits per heavy atom. The van der Waals surface area contributed by atoms with Gasteiger partial charge in [0.25, 0.3) is 0 Å². The maximum atomic E-state index is 10.4. The van der Waals surface area contributed by atoms with Crippen LogP contribution < -0.4 is 10.0 Å². The Morgan fingerprint density at radius 1 is 1.44 bits per heavy atom. The number of ether oxygens (including phenoxy) is 1. The van der Waals surface area contributed by atoms with Gasteiger partial charge in [-0.15, -0.1) is 0 Å². The van der Waals surface area contributed by atoms with Gasteiger partial charge in [0.05, 0.1) is 13.8 Å². The summed E-state index contributed by atoms with van der Waals surface area (Å²) in [7, 11) is -0.827. The maximum absolute atomic E-state index is 10.4. The summed E-state index contributed by atoms with van der Waals surface area (Å²) < 4.78 is 15.4. The summed E-state index contributed by atoms with van der Waals surface area (Å²) in [5.41, 5.74) is 0. The number of fused-ring (bicyclic) bond motifs is 1. The Kier molecular flexibility index (Phi) is 0.908. The lowest BCUT2D eigenvalue weighted by Gasteiger charge is -1.77. The van der Waals surface area contributed by atoms with E-state index in [0.29, 0.717) is 0 Å². The van der Waals surface area contributed by atoms with Gasteiger partial charge in [-0.25, -0.2) is 0 Å². The molecule has 0 spiro atoms. The Morgan fingerprint density at radius 2 is 2.33 bits per heavy atom. The molecule has 0 bridgehead atoms. The van der Waals surface area contributed by atoms with Crippen molar-refractivity contribution in [1.82, 2.24) is 0 Å². The second-order valence-corrected chi connectivity index (χ2v) is 2.75. The van der Waals surface area contributed by atoms with Crippen LogP contribution in [0.1, 0.15) is 0 Å². The van der Waals surface area contributed by atoms with Crippen LogP contribution in [0.3, 0.4) is 0 Å². The van der Waals surface area contributed by atoms with E-state index in [1.165, 1.54) is 0 Å². The molecule has 0 radical (unpaired) electrons. The van der Waals surface area contributed by atoms with Crippen LogP contribution in [0.15, 0.2) is 18.2 Å². The summed E-state index contributed by atoms with van der Waals surface area (Å²) in [6, 6.07) is 5.55. The van der Waals surface area contributed by atoms with E-state index < -0.39 is 8.46 Å². The fraction of sp³-hybridized carbons (Fsp3) is 0. The van der Waals surface area contributed by atoms with E-state index in [0.717, 1.165) is 16.8 Å². The smallest absolute Gasteiger partial charge is 0.180 e.